The number of nitrogens with one attached hydrogen (secondary N) is 1. The first kappa shape index (κ1) is 17.7. The molecule has 0 aliphatic carbocycles. The fourth-order valence-corrected chi connectivity index (χ4v) is 3.44. The van der Waals surface area contributed by atoms with Crippen molar-refractivity contribution in [3.8, 4) is 0 Å². The molecule has 3 heterocycles. The van der Waals surface area contributed by atoms with Gasteiger partial charge in [0.15, 0.2) is 0 Å². The normalized spacial score (nSPS) is 21.3. The lowest BCUT2D eigenvalue weighted by atomic mass is 9.95. The summed E-state index contributed by atoms with van der Waals surface area (Å²) in [5.74, 6) is 0.445. The van der Waals surface area contributed by atoms with Gasteiger partial charge in [-0.05, 0) is 20.8 Å². The van der Waals surface area contributed by atoms with Gasteiger partial charge in [-0.25, -0.2) is 0 Å². The first-order valence-corrected chi connectivity index (χ1v) is 8.74. The van der Waals surface area contributed by atoms with Gasteiger partial charge in [0.1, 0.15) is 0 Å². The van der Waals surface area contributed by atoms with E-state index in [-0.39, 0.29) is 23.4 Å². The van der Waals surface area contributed by atoms with E-state index in [1.54, 1.807) is 4.68 Å². The molecule has 0 spiro atoms. The predicted molar refractivity (Wildman–Crippen MR) is 95.8 cm³/mol. The van der Waals surface area contributed by atoms with Crippen LogP contribution in [0.15, 0.2) is 24.8 Å². The molecule has 1 aliphatic rings. The quantitative estimate of drug-likeness (QED) is 0.896. The van der Waals surface area contributed by atoms with Crippen LogP contribution in [0.2, 0.25) is 0 Å². The molecule has 1 saturated heterocycles. The number of likely N-dealkylation sites (tertiary alicyclic amines) is 1. The van der Waals surface area contributed by atoms with E-state index in [0.29, 0.717) is 6.42 Å². The van der Waals surface area contributed by atoms with E-state index in [4.69, 9.17) is 0 Å². The SMILES string of the molecule is CN1C(=O)C[C@@H](CNCc2cnn(C(C)(C)C)c2)[C@@H]1c1cnn(C)c1. The largest absolute Gasteiger partial charge is 0.338 e. The molecular formula is C18H28N6O. The standard InChI is InChI=1S/C18H28N6O/c1-18(2,3)24-11-13(8-21-24)7-19-9-14-6-16(25)23(5)17(14)15-10-20-22(4)12-15/h8,10-12,14,17,19H,6-7,9H2,1-5H3/t14-,17+/m0/s1. The van der Waals surface area contributed by atoms with Gasteiger partial charge in [-0.2, -0.15) is 10.2 Å². The van der Waals surface area contributed by atoms with E-state index in [1.165, 1.54) is 0 Å². The summed E-state index contributed by atoms with van der Waals surface area (Å²) in [6.45, 7) is 7.95. The number of aromatic nitrogens is 4. The lowest BCUT2D eigenvalue weighted by Crippen LogP contribution is -2.28. The molecule has 2 aromatic rings. The Kier molecular flexibility index (Phi) is 4.69. The molecule has 1 amide bonds. The molecule has 0 aromatic carbocycles. The Morgan fingerprint density at radius 3 is 2.56 bits per heavy atom. The Bertz CT molecular complexity index is 741. The van der Waals surface area contributed by atoms with Crippen LogP contribution in [-0.2, 0) is 23.9 Å². The zero-order chi connectivity index (χ0) is 18.2. The van der Waals surface area contributed by atoms with Gasteiger partial charge in [0, 0.05) is 63.0 Å². The molecule has 7 heteroatoms. The molecular weight excluding hydrogens is 316 g/mol. The molecule has 1 N–H and O–H groups in total. The highest BCUT2D eigenvalue weighted by molar-refractivity contribution is 5.79. The minimum Gasteiger partial charge on any atom is -0.338 e. The van der Waals surface area contributed by atoms with Crippen molar-refractivity contribution in [2.45, 2.75) is 45.3 Å². The van der Waals surface area contributed by atoms with Gasteiger partial charge in [0.05, 0.1) is 24.0 Å². The number of amides is 1. The maximum atomic E-state index is 12.2. The molecule has 25 heavy (non-hydrogen) atoms. The molecule has 7 nitrogen and oxygen atoms in total. The summed E-state index contributed by atoms with van der Waals surface area (Å²) in [4.78, 5) is 14.0. The summed E-state index contributed by atoms with van der Waals surface area (Å²) in [6.07, 6.45) is 8.42. The van der Waals surface area contributed by atoms with Gasteiger partial charge in [0.25, 0.3) is 0 Å². The van der Waals surface area contributed by atoms with Crippen LogP contribution in [0.25, 0.3) is 0 Å². The molecule has 2 aromatic heterocycles. The second-order valence-corrected chi connectivity index (χ2v) is 7.96. The van der Waals surface area contributed by atoms with Gasteiger partial charge in [-0.3, -0.25) is 14.2 Å². The van der Waals surface area contributed by atoms with Gasteiger partial charge in [0.2, 0.25) is 5.91 Å². The van der Waals surface area contributed by atoms with E-state index in [2.05, 4.69) is 42.5 Å². The van der Waals surface area contributed by atoms with E-state index in [0.717, 1.165) is 24.2 Å². The predicted octanol–water partition coefficient (Wildman–Crippen LogP) is 1.68. The van der Waals surface area contributed by atoms with Crippen molar-refractivity contribution in [3.63, 3.8) is 0 Å². The Hall–Kier alpha value is -2.15. The second-order valence-electron chi connectivity index (χ2n) is 7.96. The average Bonchev–Trinajstić information content (AvgIpc) is 3.21. The fraction of sp³-hybridized carbons (Fsp3) is 0.611. The van der Waals surface area contributed by atoms with Crippen LogP contribution in [0.3, 0.4) is 0 Å². The molecule has 0 unspecified atom stereocenters. The molecule has 0 radical (unpaired) electrons. The van der Waals surface area contributed by atoms with Crippen molar-refractivity contribution in [3.05, 3.63) is 35.9 Å². The third-order valence-corrected chi connectivity index (χ3v) is 4.82. The van der Waals surface area contributed by atoms with Crippen molar-refractivity contribution in [2.24, 2.45) is 13.0 Å². The number of hydrogen-bond donors (Lipinski definition) is 1. The summed E-state index contributed by atoms with van der Waals surface area (Å²) in [7, 11) is 3.79. The lowest BCUT2D eigenvalue weighted by molar-refractivity contribution is -0.127. The Morgan fingerprint density at radius 1 is 1.20 bits per heavy atom. The number of rotatable bonds is 5. The summed E-state index contributed by atoms with van der Waals surface area (Å²) in [5, 5.41) is 12.2. The minimum atomic E-state index is -0.00968. The average molecular weight is 344 g/mol. The summed E-state index contributed by atoms with van der Waals surface area (Å²) >= 11 is 0. The molecule has 0 bridgehead atoms. The number of nitrogens with zero attached hydrogens (tertiary/aromatic N) is 5. The third-order valence-electron chi connectivity index (χ3n) is 4.82. The van der Waals surface area contributed by atoms with Crippen molar-refractivity contribution in [1.29, 1.82) is 0 Å². The summed E-state index contributed by atoms with van der Waals surface area (Å²) < 4.78 is 3.77. The monoisotopic (exact) mass is 344 g/mol. The van der Waals surface area contributed by atoms with Crippen LogP contribution >= 0.6 is 0 Å². The maximum Gasteiger partial charge on any atom is 0.223 e. The van der Waals surface area contributed by atoms with Crippen LogP contribution < -0.4 is 5.32 Å². The highest BCUT2D eigenvalue weighted by Crippen LogP contribution is 2.36. The van der Waals surface area contributed by atoms with E-state index < -0.39 is 0 Å². The Morgan fingerprint density at radius 2 is 1.96 bits per heavy atom. The van der Waals surface area contributed by atoms with Crippen LogP contribution in [-0.4, -0.2) is 44.0 Å². The third kappa shape index (κ3) is 3.76. The second kappa shape index (κ2) is 6.63. The summed E-state index contributed by atoms with van der Waals surface area (Å²) in [6, 6.07) is 0.0889. The molecule has 1 fully saturated rings. The first-order chi connectivity index (χ1) is 11.8. The van der Waals surface area contributed by atoms with Gasteiger partial charge < -0.3 is 10.2 Å². The fourth-order valence-electron chi connectivity index (χ4n) is 3.44. The van der Waals surface area contributed by atoms with Crippen LogP contribution in [0.5, 0.6) is 0 Å². The van der Waals surface area contributed by atoms with Crippen LogP contribution in [0.4, 0.5) is 0 Å². The minimum absolute atomic E-state index is 0.00968. The number of carbonyl (C=O) groups excluding carboxylic acids is 1. The van der Waals surface area contributed by atoms with Crippen molar-refractivity contribution < 1.29 is 4.79 Å². The molecule has 1 aliphatic heterocycles. The zero-order valence-corrected chi connectivity index (χ0v) is 15.7. The van der Waals surface area contributed by atoms with Gasteiger partial charge >= 0.3 is 0 Å². The van der Waals surface area contributed by atoms with Gasteiger partial charge in [-0.1, -0.05) is 0 Å². The molecule has 0 saturated carbocycles. The molecule has 136 valence electrons. The number of hydrogen-bond acceptors (Lipinski definition) is 4. The van der Waals surface area contributed by atoms with E-state index in [9.17, 15) is 4.79 Å². The molecule has 3 rings (SSSR count). The summed E-state index contributed by atoms with van der Waals surface area (Å²) in [5.41, 5.74) is 2.25. The van der Waals surface area contributed by atoms with Crippen molar-refractivity contribution in [2.75, 3.05) is 13.6 Å². The zero-order valence-electron chi connectivity index (χ0n) is 15.7. The van der Waals surface area contributed by atoms with Crippen LogP contribution in [0.1, 0.15) is 44.4 Å². The number of aryl methyl sites for hydroxylation is 1. The lowest BCUT2D eigenvalue weighted by Gasteiger charge is -2.24. The van der Waals surface area contributed by atoms with Gasteiger partial charge in [-0.15, -0.1) is 0 Å². The van der Waals surface area contributed by atoms with Crippen molar-refractivity contribution >= 4 is 5.91 Å². The Balaban J connectivity index is 1.61. The van der Waals surface area contributed by atoms with Crippen molar-refractivity contribution in [1.82, 2.24) is 29.8 Å². The van der Waals surface area contributed by atoms with E-state index in [1.807, 2.05) is 42.3 Å². The van der Waals surface area contributed by atoms with E-state index >= 15 is 0 Å². The first-order valence-electron chi connectivity index (χ1n) is 8.74. The number of carbonyl (C=O) groups is 1. The smallest absolute Gasteiger partial charge is 0.223 e. The molecule has 2 atom stereocenters. The topological polar surface area (TPSA) is 68.0 Å². The maximum absolute atomic E-state index is 12.2. The highest BCUT2D eigenvalue weighted by Gasteiger charge is 2.38. The Labute approximate surface area is 149 Å². The van der Waals surface area contributed by atoms with Crippen LogP contribution in [0, 0.1) is 5.92 Å². The highest BCUT2D eigenvalue weighted by atomic mass is 16.2.